The van der Waals surface area contributed by atoms with Crippen molar-refractivity contribution in [3.8, 4) is 0 Å². The first-order valence-electron chi connectivity index (χ1n) is 5.98. The van der Waals surface area contributed by atoms with Crippen molar-refractivity contribution in [2.24, 2.45) is 0 Å². The quantitative estimate of drug-likeness (QED) is 0.644. The zero-order valence-corrected chi connectivity index (χ0v) is 12.9. The molecule has 0 saturated carbocycles. The van der Waals surface area contributed by atoms with E-state index in [1.165, 1.54) is 17.4 Å². The summed E-state index contributed by atoms with van der Waals surface area (Å²) in [7, 11) is -1.99. The highest BCUT2D eigenvalue weighted by atomic mass is 35.5. The van der Waals surface area contributed by atoms with Gasteiger partial charge in [0.2, 0.25) is 10.0 Å². The highest BCUT2D eigenvalue weighted by Crippen LogP contribution is 2.22. The molecule has 0 saturated heterocycles. The Morgan fingerprint density at radius 2 is 2.05 bits per heavy atom. The largest absolute Gasteiger partial charge is 0.243 e. The van der Waals surface area contributed by atoms with E-state index in [-0.39, 0.29) is 4.90 Å². The van der Waals surface area contributed by atoms with Crippen LogP contribution in [-0.2, 0) is 10.0 Å². The maximum Gasteiger partial charge on any atom is 0.243 e. The number of sulfonamides is 1. The van der Waals surface area contributed by atoms with E-state index in [9.17, 15) is 8.42 Å². The highest BCUT2D eigenvalue weighted by Gasteiger charge is 2.20. The van der Waals surface area contributed by atoms with Crippen LogP contribution in [0.4, 0.5) is 0 Å². The molecule has 1 aromatic heterocycles. The van der Waals surface area contributed by atoms with E-state index in [2.05, 4.69) is 11.6 Å². The topological polar surface area (TPSA) is 50.3 Å². The van der Waals surface area contributed by atoms with Crippen LogP contribution in [-0.4, -0.2) is 31.3 Å². The number of aromatic nitrogens is 1. The van der Waals surface area contributed by atoms with Crippen LogP contribution >= 0.6 is 11.6 Å². The molecule has 1 aromatic carbocycles. The fourth-order valence-corrected chi connectivity index (χ4v) is 3.30. The highest BCUT2D eigenvalue weighted by molar-refractivity contribution is 7.89. The van der Waals surface area contributed by atoms with E-state index >= 15 is 0 Å². The molecular formula is C14H15ClN2O2S. The lowest BCUT2D eigenvalue weighted by Crippen LogP contribution is -2.28. The van der Waals surface area contributed by atoms with Crippen LogP contribution in [0.1, 0.15) is 6.92 Å². The van der Waals surface area contributed by atoms with E-state index in [1.807, 2.05) is 0 Å². The van der Waals surface area contributed by atoms with Gasteiger partial charge in [-0.2, -0.15) is 4.31 Å². The molecule has 106 valence electrons. The summed E-state index contributed by atoms with van der Waals surface area (Å²) in [5.41, 5.74) is 1.45. The van der Waals surface area contributed by atoms with Crippen molar-refractivity contribution in [2.45, 2.75) is 11.8 Å². The Labute approximate surface area is 123 Å². The Morgan fingerprint density at radius 3 is 2.70 bits per heavy atom. The van der Waals surface area contributed by atoms with Crippen LogP contribution < -0.4 is 0 Å². The molecule has 4 nitrogen and oxygen atoms in total. The number of hydrogen-bond acceptors (Lipinski definition) is 3. The van der Waals surface area contributed by atoms with Gasteiger partial charge >= 0.3 is 0 Å². The second-order valence-corrected chi connectivity index (χ2v) is 7.14. The lowest BCUT2D eigenvalue weighted by molar-refractivity contribution is 0.493. The van der Waals surface area contributed by atoms with Crippen LogP contribution in [0.15, 0.2) is 47.4 Å². The summed E-state index contributed by atoms with van der Waals surface area (Å²) < 4.78 is 26.1. The summed E-state index contributed by atoms with van der Waals surface area (Å²) in [4.78, 5) is 4.37. The van der Waals surface area contributed by atoms with Gasteiger partial charge in [-0.05, 0) is 37.3 Å². The molecule has 1 heterocycles. The van der Waals surface area contributed by atoms with Gasteiger partial charge in [0.15, 0.2) is 0 Å². The maximum absolute atomic E-state index is 12.4. The Morgan fingerprint density at radius 1 is 1.35 bits per heavy atom. The minimum absolute atomic E-state index is 0.234. The third kappa shape index (κ3) is 3.00. The molecule has 0 atom stereocenters. The van der Waals surface area contributed by atoms with Gasteiger partial charge in [-0.3, -0.25) is 0 Å². The van der Waals surface area contributed by atoms with E-state index in [1.54, 1.807) is 31.2 Å². The molecule has 0 unspecified atom stereocenters. The first-order chi connectivity index (χ1) is 9.30. The Kier molecular flexibility index (Phi) is 4.13. The number of likely N-dealkylation sites (N-methyl/N-ethyl adjacent to an activating group) is 1. The van der Waals surface area contributed by atoms with Crippen LogP contribution in [0.5, 0.6) is 0 Å². The normalized spacial score (nSPS) is 12.0. The van der Waals surface area contributed by atoms with E-state index in [0.29, 0.717) is 17.2 Å². The Hall–Kier alpha value is -1.43. The van der Waals surface area contributed by atoms with Crippen molar-refractivity contribution < 1.29 is 8.42 Å². The predicted molar refractivity (Wildman–Crippen MR) is 81.4 cm³/mol. The number of fused-ring (bicyclic) bond motifs is 1. The summed E-state index contributed by atoms with van der Waals surface area (Å²) >= 11 is 5.81. The van der Waals surface area contributed by atoms with Crippen LogP contribution in [0.3, 0.4) is 0 Å². The van der Waals surface area contributed by atoms with Crippen LogP contribution in [0.2, 0.25) is 5.15 Å². The minimum atomic E-state index is -3.52. The number of benzene rings is 1. The standard InChI is InChI=1S/C14H15ClN2O2S/c1-10(2)9-17(3)20(18,19)12-5-6-13-11(8-12)4-7-14(15)16-13/h4-8H,1,9H2,2-3H3. The molecule has 0 fully saturated rings. The van der Waals surface area contributed by atoms with E-state index < -0.39 is 10.0 Å². The lowest BCUT2D eigenvalue weighted by Gasteiger charge is -2.17. The Bertz CT molecular complexity index is 772. The monoisotopic (exact) mass is 310 g/mol. The smallest absolute Gasteiger partial charge is 0.236 e. The first kappa shape index (κ1) is 15.0. The molecule has 2 rings (SSSR count). The molecular weight excluding hydrogens is 296 g/mol. The number of rotatable bonds is 4. The van der Waals surface area contributed by atoms with Crippen molar-refractivity contribution in [3.63, 3.8) is 0 Å². The van der Waals surface area contributed by atoms with Gasteiger partial charge in [0.25, 0.3) is 0 Å². The SMILES string of the molecule is C=C(C)CN(C)S(=O)(=O)c1ccc2nc(Cl)ccc2c1. The molecule has 0 aliphatic carbocycles. The summed E-state index contributed by atoms with van der Waals surface area (Å²) in [6.07, 6.45) is 0. The van der Waals surface area contributed by atoms with Crippen molar-refractivity contribution in [2.75, 3.05) is 13.6 Å². The third-order valence-electron chi connectivity index (χ3n) is 2.83. The van der Waals surface area contributed by atoms with Crippen LogP contribution in [0, 0.1) is 0 Å². The molecule has 0 spiro atoms. The van der Waals surface area contributed by atoms with E-state index in [0.717, 1.165) is 11.0 Å². The van der Waals surface area contributed by atoms with Gasteiger partial charge in [-0.25, -0.2) is 13.4 Å². The molecule has 6 heteroatoms. The average Bonchev–Trinajstić information content (AvgIpc) is 2.37. The molecule has 0 aliphatic heterocycles. The second kappa shape index (κ2) is 5.52. The first-order valence-corrected chi connectivity index (χ1v) is 7.79. The van der Waals surface area contributed by atoms with Crippen molar-refractivity contribution in [1.29, 1.82) is 0 Å². The number of pyridine rings is 1. The summed E-state index contributed by atoms with van der Waals surface area (Å²) in [5, 5.41) is 1.12. The van der Waals surface area contributed by atoms with Gasteiger partial charge < -0.3 is 0 Å². The van der Waals surface area contributed by atoms with Gasteiger partial charge in [0.1, 0.15) is 5.15 Å². The zero-order valence-electron chi connectivity index (χ0n) is 11.3. The molecule has 0 amide bonds. The minimum Gasteiger partial charge on any atom is -0.236 e. The number of hydrogen-bond donors (Lipinski definition) is 0. The molecule has 2 aromatic rings. The van der Waals surface area contributed by atoms with E-state index in [4.69, 9.17) is 11.6 Å². The molecule has 0 N–H and O–H groups in total. The predicted octanol–water partition coefficient (Wildman–Crippen LogP) is 3.08. The van der Waals surface area contributed by atoms with Crippen molar-refractivity contribution >= 4 is 32.5 Å². The average molecular weight is 311 g/mol. The van der Waals surface area contributed by atoms with Gasteiger partial charge in [-0.1, -0.05) is 23.8 Å². The van der Waals surface area contributed by atoms with Crippen molar-refractivity contribution in [3.05, 3.63) is 47.6 Å². The van der Waals surface area contributed by atoms with Gasteiger partial charge in [0.05, 0.1) is 10.4 Å². The molecule has 20 heavy (non-hydrogen) atoms. The van der Waals surface area contributed by atoms with Gasteiger partial charge in [0, 0.05) is 19.0 Å². The van der Waals surface area contributed by atoms with Crippen LogP contribution in [0.25, 0.3) is 10.9 Å². The number of nitrogens with zero attached hydrogens (tertiary/aromatic N) is 2. The third-order valence-corrected chi connectivity index (χ3v) is 4.84. The summed E-state index contributed by atoms with van der Waals surface area (Å²) in [5.74, 6) is 0. The lowest BCUT2D eigenvalue weighted by atomic mass is 10.2. The zero-order chi connectivity index (χ0) is 14.9. The molecule has 0 aliphatic rings. The van der Waals surface area contributed by atoms with Gasteiger partial charge in [-0.15, -0.1) is 0 Å². The fraction of sp³-hybridized carbons (Fsp3) is 0.214. The number of halogens is 1. The molecule has 0 radical (unpaired) electrons. The Balaban J connectivity index is 2.47. The van der Waals surface area contributed by atoms with Crippen molar-refractivity contribution in [1.82, 2.24) is 9.29 Å². The molecule has 0 bridgehead atoms. The maximum atomic E-state index is 12.4. The summed E-state index contributed by atoms with van der Waals surface area (Å²) in [6, 6.07) is 8.18. The second-order valence-electron chi connectivity index (χ2n) is 4.71. The summed E-state index contributed by atoms with van der Waals surface area (Å²) in [6.45, 7) is 5.81. The fourth-order valence-electron chi connectivity index (χ4n) is 1.88.